The number of nitrogens with two attached hydrogens (primary N) is 1. The molecule has 2 nitrogen and oxygen atoms in total. The van der Waals surface area contributed by atoms with Crippen molar-refractivity contribution in [3.63, 3.8) is 0 Å². The Morgan fingerprint density at radius 3 is 2.25 bits per heavy atom. The van der Waals surface area contributed by atoms with Gasteiger partial charge in [0.15, 0.2) is 0 Å². The molecule has 2 unspecified atom stereocenters. The van der Waals surface area contributed by atoms with Crippen LogP contribution >= 0.6 is 0 Å². The topological polar surface area (TPSA) is 38.0 Å². The summed E-state index contributed by atoms with van der Waals surface area (Å²) >= 11 is 0. The smallest absolute Gasteiger partial charge is 0.0241 e. The fourth-order valence-electron chi connectivity index (χ4n) is 2.42. The third-order valence-electron chi connectivity index (χ3n) is 3.06. The predicted molar refractivity (Wildman–Crippen MR) is 53.1 cm³/mol. The highest BCUT2D eigenvalue weighted by atomic mass is 14.9. The summed E-state index contributed by atoms with van der Waals surface area (Å²) < 4.78 is 0. The lowest BCUT2D eigenvalue weighted by Gasteiger charge is -2.32. The summed E-state index contributed by atoms with van der Waals surface area (Å²) in [5.41, 5.74) is 5.92. The van der Waals surface area contributed by atoms with E-state index in [1.165, 1.54) is 32.1 Å². The van der Waals surface area contributed by atoms with E-state index in [4.69, 9.17) is 5.73 Å². The van der Waals surface area contributed by atoms with E-state index in [2.05, 4.69) is 12.2 Å². The van der Waals surface area contributed by atoms with E-state index in [0.717, 1.165) is 5.92 Å². The number of rotatable bonds is 3. The zero-order chi connectivity index (χ0) is 8.97. The van der Waals surface area contributed by atoms with Crippen molar-refractivity contribution in [3.05, 3.63) is 0 Å². The lowest BCUT2D eigenvalue weighted by atomic mass is 9.81. The molecule has 1 aliphatic rings. The molecule has 1 saturated carbocycles. The molecule has 2 heteroatoms. The number of hydrogen-bond acceptors (Lipinski definition) is 2. The molecule has 1 rings (SSSR count). The van der Waals surface area contributed by atoms with Crippen LogP contribution in [0.4, 0.5) is 0 Å². The zero-order valence-electron chi connectivity index (χ0n) is 8.34. The van der Waals surface area contributed by atoms with Crippen LogP contribution in [0.5, 0.6) is 0 Å². The van der Waals surface area contributed by atoms with E-state index >= 15 is 0 Å². The summed E-state index contributed by atoms with van der Waals surface area (Å²) in [6, 6.07) is 0.823. The molecule has 0 amide bonds. The Kier molecular flexibility index (Phi) is 4.02. The van der Waals surface area contributed by atoms with Crippen molar-refractivity contribution in [2.24, 2.45) is 11.7 Å². The molecular weight excluding hydrogens is 148 g/mol. The van der Waals surface area contributed by atoms with Gasteiger partial charge < -0.3 is 11.1 Å². The summed E-state index contributed by atoms with van der Waals surface area (Å²) in [5, 5.41) is 3.35. The first kappa shape index (κ1) is 10.0. The molecule has 0 saturated heterocycles. The maximum atomic E-state index is 5.92. The molecule has 0 aromatic rings. The van der Waals surface area contributed by atoms with Crippen molar-refractivity contribution in [2.45, 2.75) is 51.1 Å². The normalized spacial score (nSPS) is 25.2. The van der Waals surface area contributed by atoms with Crippen LogP contribution in [0.15, 0.2) is 0 Å². The van der Waals surface area contributed by atoms with Crippen LogP contribution in [-0.2, 0) is 0 Å². The Morgan fingerprint density at radius 2 is 1.83 bits per heavy atom. The maximum Gasteiger partial charge on any atom is 0.0241 e. The Morgan fingerprint density at radius 1 is 1.25 bits per heavy atom. The quantitative estimate of drug-likeness (QED) is 0.673. The van der Waals surface area contributed by atoms with Crippen molar-refractivity contribution in [1.82, 2.24) is 5.32 Å². The second-order valence-corrected chi connectivity index (χ2v) is 4.07. The Hall–Kier alpha value is -0.0800. The molecule has 3 N–H and O–H groups in total. The Balaban J connectivity index is 2.40. The molecule has 0 spiro atoms. The van der Waals surface area contributed by atoms with E-state index in [1.54, 1.807) is 0 Å². The fraction of sp³-hybridized carbons (Fsp3) is 1.00. The third-order valence-corrected chi connectivity index (χ3v) is 3.06. The highest BCUT2D eigenvalue weighted by Gasteiger charge is 2.24. The molecule has 0 heterocycles. The van der Waals surface area contributed by atoms with E-state index in [1.807, 2.05) is 7.05 Å². The Bertz CT molecular complexity index is 117. The summed E-state index contributed by atoms with van der Waals surface area (Å²) in [4.78, 5) is 0. The van der Waals surface area contributed by atoms with Crippen molar-refractivity contribution >= 4 is 0 Å². The molecule has 12 heavy (non-hydrogen) atoms. The summed E-state index contributed by atoms with van der Waals surface area (Å²) in [7, 11) is 2.03. The molecule has 0 radical (unpaired) electrons. The van der Waals surface area contributed by atoms with Gasteiger partial charge in [-0.3, -0.25) is 0 Å². The predicted octanol–water partition coefficient (Wildman–Crippen LogP) is 1.50. The fourth-order valence-corrected chi connectivity index (χ4v) is 2.42. The molecule has 0 aliphatic heterocycles. The van der Waals surface area contributed by atoms with Crippen molar-refractivity contribution in [3.8, 4) is 0 Å². The first-order valence-electron chi connectivity index (χ1n) is 5.18. The van der Waals surface area contributed by atoms with Gasteiger partial charge in [0.2, 0.25) is 0 Å². The SMILES string of the molecule is CNC(C(C)N)C1CCCCC1. The van der Waals surface area contributed by atoms with E-state index in [-0.39, 0.29) is 6.04 Å². The van der Waals surface area contributed by atoms with E-state index < -0.39 is 0 Å². The molecule has 0 aromatic heterocycles. The van der Waals surface area contributed by atoms with Gasteiger partial charge in [-0.15, -0.1) is 0 Å². The summed E-state index contributed by atoms with van der Waals surface area (Å²) in [6.07, 6.45) is 6.96. The minimum Gasteiger partial charge on any atom is -0.327 e. The van der Waals surface area contributed by atoms with Gasteiger partial charge in [-0.05, 0) is 32.7 Å². The highest BCUT2D eigenvalue weighted by Crippen LogP contribution is 2.27. The minimum absolute atomic E-state index is 0.290. The van der Waals surface area contributed by atoms with Gasteiger partial charge in [0.1, 0.15) is 0 Å². The number of likely N-dealkylation sites (N-methyl/N-ethyl adjacent to an activating group) is 1. The lowest BCUT2D eigenvalue weighted by molar-refractivity contribution is 0.255. The second kappa shape index (κ2) is 4.83. The van der Waals surface area contributed by atoms with Crippen LogP contribution in [0.25, 0.3) is 0 Å². The van der Waals surface area contributed by atoms with Gasteiger partial charge in [0.05, 0.1) is 0 Å². The molecular formula is C10H22N2. The first-order chi connectivity index (χ1) is 5.75. The largest absolute Gasteiger partial charge is 0.327 e. The van der Waals surface area contributed by atoms with Gasteiger partial charge in [0.25, 0.3) is 0 Å². The van der Waals surface area contributed by atoms with Crippen LogP contribution in [0.3, 0.4) is 0 Å². The van der Waals surface area contributed by atoms with Crippen LogP contribution in [0, 0.1) is 5.92 Å². The summed E-state index contributed by atoms with van der Waals surface area (Å²) in [6.45, 7) is 2.11. The monoisotopic (exact) mass is 170 g/mol. The molecule has 1 aliphatic carbocycles. The average molecular weight is 170 g/mol. The van der Waals surface area contributed by atoms with Crippen LogP contribution in [0.2, 0.25) is 0 Å². The second-order valence-electron chi connectivity index (χ2n) is 4.07. The van der Waals surface area contributed by atoms with Crippen molar-refractivity contribution in [2.75, 3.05) is 7.05 Å². The minimum atomic E-state index is 0.290. The molecule has 2 atom stereocenters. The van der Waals surface area contributed by atoms with Crippen LogP contribution in [0.1, 0.15) is 39.0 Å². The molecule has 1 fully saturated rings. The first-order valence-corrected chi connectivity index (χ1v) is 5.18. The lowest BCUT2D eigenvalue weighted by Crippen LogP contribution is -2.47. The number of nitrogens with one attached hydrogen (secondary N) is 1. The van der Waals surface area contributed by atoms with Crippen molar-refractivity contribution in [1.29, 1.82) is 0 Å². The van der Waals surface area contributed by atoms with Gasteiger partial charge in [-0.25, -0.2) is 0 Å². The zero-order valence-corrected chi connectivity index (χ0v) is 8.34. The molecule has 72 valence electrons. The molecule has 0 bridgehead atoms. The number of hydrogen-bond donors (Lipinski definition) is 2. The van der Waals surface area contributed by atoms with Gasteiger partial charge in [-0.1, -0.05) is 19.3 Å². The van der Waals surface area contributed by atoms with E-state index in [9.17, 15) is 0 Å². The van der Waals surface area contributed by atoms with E-state index in [0.29, 0.717) is 6.04 Å². The maximum absolute atomic E-state index is 5.92. The standard InChI is InChI=1S/C10H22N2/c1-8(11)10(12-2)9-6-4-3-5-7-9/h8-10,12H,3-7,11H2,1-2H3. The van der Waals surface area contributed by atoms with Gasteiger partial charge >= 0.3 is 0 Å². The Labute approximate surface area is 75.9 Å². The highest BCUT2D eigenvalue weighted by molar-refractivity contribution is 4.83. The third kappa shape index (κ3) is 2.46. The average Bonchev–Trinajstić information content (AvgIpc) is 2.07. The summed E-state index contributed by atoms with van der Waals surface area (Å²) in [5.74, 6) is 0.823. The van der Waals surface area contributed by atoms with Crippen molar-refractivity contribution < 1.29 is 0 Å². The van der Waals surface area contributed by atoms with Crippen LogP contribution < -0.4 is 11.1 Å². The van der Waals surface area contributed by atoms with Crippen LogP contribution in [-0.4, -0.2) is 19.1 Å². The van der Waals surface area contributed by atoms with Gasteiger partial charge in [-0.2, -0.15) is 0 Å². The molecule has 0 aromatic carbocycles. The van der Waals surface area contributed by atoms with Gasteiger partial charge in [0, 0.05) is 12.1 Å².